The first-order chi connectivity index (χ1) is 15.7. The van der Waals surface area contributed by atoms with Crippen molar-refractivity contribution in [1.29, 1.82) is 0 Å². The van der Waals surface area contributed by atoms with Crippen molar-refractivity contribution in [2.45, 2.75) is 45.4 Å². The Balaban J connectivity index is 1.95. The van der Waals surface area contributed by atoms with E-state index >= 15 is 0 Å². The molecule has 11 nitrogen and oxygen atoms in total. The van der Waals surface area contributed by atoms with Crippen LogP contribution in [0.4, 0.5) is 15.3 Å². The van der Waals surface area contributed by atoms with Crippen molar-refractivity contribution in [2.24, 2.45) is 11.7 Å². The molecule has 5 amide bonds. The van der Waals surface area contributed by atoms with E-state index in [9.17, 15) is 19.2 Å². The van der Waals surface area contributed by atoms with Gasteiger partial charge in [0.2, 0.25) is 11.8 Å². The van der Waals surface area contributed by atoms with Crippen molar-refractivity contribution >= 4 is 29.6 Å². The Bertz CT molecular complexity index is 825. The normalized spacial score (nSPS) is 14.2. The lowest BCUT2D eigenvalue weighted by Gasteiger charge is -2.24. The minimum atomic E-state index is -0.796. The van der Waals surface area contributed by atoms with Crippen LogP contribution in [0, 0.1) is 5.92 Å². The van der Waals surface area contributed by atoms with Crippen LogP contribution in [0.1, 0.15) is 32.3 Å². The fourth-order valence-electron chi connectivity index (χ4n) is 3.20. The van der Waals surface area contributed by atoms with Gasteiger partial charge in [-0.2, -0.15) is 0 Å². The van der Waals surface area contributed by atoms with Crippen LogP contribution < -0.4 is 27.0 Å². The Hall–Kier alpha value is -3.34. The van der Waals surface area contributed by atoms with E-state index in [0.29, 0.717) is 25.1 Å². The highest BCUT2D eigenvalue weighted by Gasteiger charge is 2.27. The zero-order valence-electron chi connectivity index (χ0n) is 19.3. The lowest BCUT2D eigenvalue weighted by molar-refractivity contribution is -0.128. The van der Waals surface area contributed by atoms with Gasteiger partial charge in [-0.1, -0.05) is 26.0 Å². The van der Waals surface area contributed by atoms with Gasteiger partial charge < -0.3 is 36.6 Å². The number of nitrogens with zero attached hydrogens (tertiary/aromatic N) is 1. The highest BCUT2D eigenvalue weighted by Crippen LogP contribution is 2.14. The molecule has 1 aromatic carbocycles. The number of primary amides is 1. The predicted molar refractivity (Wildman–Crippen MR) is 123 cm³/mol. The topological polar surface area (TPSA) is 155 Å². The minimum Gasteiger partial charge on any atom is -0.445 e. The highest BCUT2D eigenvalue weighted by molar-refractivity contribution is 5.97. The first-order valence-corrected chi connectivity index (χ1v) is 11.0. The van der Waals surface area contributed by atoms with Crippen LogP contribution in [0.15, 0.2) is 24.3 Å². The van der Waals surface area contributed by atoms with Crippen molar-refractivity contribution < 1.29 is 23.9 Å². The Morgan fingerprint density at radius 2 is 1.76 bits per heavy atom. The monoisotopic (exact) mass is 462 g/mol. The van der Waals surface area contributed by atoms with Gasteiger partial charge in [-0.25, -0.2) is 9.59 Å². The first-order valence-electron chi connectivity index (χ1n) is 11.0. The van der Waals surface area contributed by atoms with Crippen molar-refractivity contribution in [3.05, 3.63) is 29.8 Å². The summed E-state index contributed by atoms with van der Waals surface area (Å²) in [6, 6.07) is 5.03. The molecule has 0 aromatic heterocycles. The van der Waals surface area contributed by atoms with Crippen LogP contribution in [0.25, 0.3) is 0 Å². The number of likely N-dealkylation sites (N-methyl/N-ethyl adjacent to an activating group) is 1. The molecule has 0 radical (unpaired) electrons. The molecule has 0 spiro atoms. The number of urea groups is 1. The van der Waals surface area contributed by atoms with Crippen LogP contribution in [-0.4, -0.2) is 67.6 Å². The molecule has 0 bridgehead atoms. The van der Waals surface area contributed by atoms with Gasteiger partial charge >= 0.3 is 12.1 Å². The molecule has 6 N–H and O–H groups in total. The fraction of sp³-hybridized carbons (Fsp3) is 0.545. The van der Waals surface area contributed by atoms with Crippen LogP contribution in [0.5, 0.6) is 0 Å². The summed E-state index contributed by atoms with van der Waals surface area (Å²) >= 11 is 0. The van der Waals surface area contributed by atoms with E-state index in [1.54, 1.807) is 36.2 Å². The number of amides is 5. The molecule has 1 aliphatic rings. The number of hydrogen-bond acceptors (Lipinski definition) is 6. The molecule has 0 aliphatic carbocycles. The van der Waals surface area contributed by atoms with Crippen LogP contribution in [0.2, 0.25) is 0 Å². The summed E-state index contributed by atoms with van der Waals surface area (Å²) in [5.41, 5.74) is 6.41. The average Bonchev–Trinajstić information content (AvgIpc) is 3.60. The SMILES string of the molecule is CN[C@H](C(=O)N[C@@H](CCCNC(N)=O)C(=O)Nc1ccc(COC(=O)N2CC2)cc1)C(C)C. The number of carbonyl (C=O) groups is 4. The largest absolute Gasteiger partial charge is 0.445 e. The predicted octanol–water partition coefficient (Wildman–Crippen LogP) is 0.755. The Morgan fingerprint density at radius 3 is 2.30 bits per heavy atom. The van der Waals surface area contributed by atoms with Crippen molar-refractivity contribution in [3.63, 3.8) is 0 Å². The molecule has 1 heterocycles. The fourth-order valence-corrected chi connectivity index (χ4v) is 3.20. The number of benzene rings is 1. The molecule has 1 fully saturated rings. The number of hydrogen-bond donors (Lipinski definition) is 5. The molecule has 1 aromatic rings. The molecule has 2 atom stereocenters. The molecule has 1 aliphatic heterocycles. The standard InChI is InChI=1S/C22H34N6O5/c1-14(2)18(24-3)20(30)27-17(5-4-10-25-21(23)31)19(29)26-16-8-6-15(7-9-16)13-33-22(32)28-11-12-28/h6-9,14,17-18,24H,4-5,10-13H2,1-3H3,(H,26,29)(H,27,30)(H3,23,25,31)/t17-,18-/m0/s1. The summed E-state index contributed by atoms with van der Waals surface area (Å²) < 4.78 is 5.19. The second-order valence-electron chi connectivity index (χ2n) is 8.23. The van der Waals surface area contributed by atoms with E-state index in [0.717, 1.165) is 18.7 Å². The number of carbonyl (C=O) groups excluding carboxylic acids is 4. The molecule has 0 unspecified atom stereocenters. The van der Waals surface area contributed by atoms with E-state index in [4.69, 9.17) is 10.5 Å². The number of nitrogens with one attached hydrogen (secondary N) is 4. The number of rotatable bonds is 12. The van der Waals surface area contributed by atoms with Gasteiger partial charge in [0.05, 0.1) is 6.04 Å². The molecule has 33 heavy (non-hydrogen) atoms. The second kappa shape index (κ2) is 12.6. The van der Waals surface area contributed by atoms with E-state index in [2.05, 4.69) is 21.3 Å². The van der Waals surface area contributed by atoms with E-state index < -0.39 is 18.1 Å². The Morgan fingerprint density at radius 1 is 1.09 bits per heavy atom. The molecule has 182 valence electrons. The number of ether oxygens (including phenoxy) is 1. The summed E-state index contributed by atoms with van der Waals surface area (Å²) in [6.45, 7) is 5.72. The molecular formula is C22H34N6O5. The van der Waals surface area contributed by atoms with Gasteiger partial charge in [0.15, 0.2) is 0 Å². The minimum absolute atomic E-state index is 0.0357. The summed E-state index contributed by atoms with van der Waals surface area (Å²) in [4.78, 5) is 49.6. The first kappa shape index (κ1) is 25.9. The van der Waals surface area contributed by atoms with Gasteiger partial charge in [-0.15, -0.1) is 0 Å². The van der Waals surface area contributed by atoms with Gasteiger partial charge in [0.25, 0.3) is 0 Å². The van der Waals surface area contributed by atoms with Gasteiger partial charge in [-0.05, 0) is 43.5 Å². The van der Waals surface area contributed by atoms with Crippen LogP contribution in [-0.2, 0) is 20.9 Å². The van der Waals surface area contributed by atoms with Crippen molar-refractivity contribution in [3.8, 4) is 0 Å². The lowest BCUT2D eigenvalue weighted by Crippen LogP contribution is -2.52. The zero-order valence-corrected chi connectivity index (χ0v) is 19.3. The smallest absolute Gasteiger partial charge is 0.410 e. The molecular weight excluding hydrogens is 428 g/mol. The number of nitrogens with two attached hydrogens (primary N) is 1. The third-order valence-corrected chi connectivity index (χ3v) is 5.15. The van der Waals surface area contributed by atoms with Crippen molar-refractivity contribution in [1.82, 2.24) is 20.9 Å². The van der Waals surface area contributed by atoms with Gasteiger partial charge in [0.1, 0.15) is 12.6 Å². The Kier molecular flexibility index (Phi) is 9.92. The third kappa shape index (κ3) is 8.97. The van der Waals surface area contributed by atoms with Gasteiger partial charge in [0, 0.05) is 25.3 Å². The number of anilines is 1. The van der Waals surface area contributed by atoms with E-state index in [1.165, 1.54) is 0 Å². The third-order valence-electron chi connectivity index (χ3n) is 5.15. The summed E-state index contributed by atoms with van der Waals surface area (Å²) in [7, 11) is 1.69. The summed E-state index contributed by atoms with van der Waals surface area (Å²) in [6.07, 6.45) is 0.434. The molecule has 2 rings (SSSR count). The Labute approximate surface area is 193 Å². The zero-order chi connectivity index (χ0) is 24.4. The summed E-state index contributed by atoms with van der Waals surface area (Å²) in [5, 5.41) is 11.0. The van der Waals surface area contributed by atoms with E-state index in [1.807, 2.05) is 13.8 Å². The maximum Gasteiger partial charge on any atom is 0.410 e. The van der Waals surface area contributed by atoms with E-state index in [-0.39, 0.29) is 30.4 Å². The van der Waals surface area contributed by atoms with Crippen LogP contribution >= 0.6 is 0 Å². The molecule has 11 heteroatoms. The second-order valence-corrected chi connectivity index (χ2v) is 8.23. The average molecular weight is 463 g/mol. The van der Waals surface area contributed by atoms with Crippen LogP contribution in [0.3, 0.4) is 0 Å². The van der Waals surface area contributed by atoms with Crippen molar-refractivity contribution in [2.75, 3.05) is 32.0 Å². The van der Waals surface area contributed by atoms with Gasteiger partial charge in [-0.3, -0.25) is 9.59 Å². The maximum absolute atomic E-state index is 12.9. The lowest BCUT2D eigenvalue weighted by atomic mass is 10.0. The quantitative estimate of drug-likeness (QED) is 0.228. The maximum atomic E-state index is 12.9. The highest BCUT2D eigenvalue weighted by atomic mass is 16.6. The molecule has 1 saturated heterocycles. The molecule has 0 saturated carbocycles. The summed E-state index contributed by atoms with van der Waals surface area (Å²) in [5.74, 6) is -0.616.